The van der Waals surface area contributed by atoms with Gasteiger partial charge < -0.3 is 4.74 Å². The molecule has 2 aromatic carbocycles. The van der Waals surface area contributed by atoms with Crippen LogP contribution in [0.4, 0.5) is 16.2 Å². The van der Waals surface area contributed by atoms with E-state index in [1.54, 1.807) is 29.4 Å². The molecule has 0 saturated carbocycles. The number of para-hydroxylation sites is 1. The molecule has 0 N–H and O–H groups in total. The Labute approximate surface area is 132 Å². The third-order valence-electron chi connectivity index (χ3n) is 3.25. The fourth-order valence-electron chi connectivity index (χ4n) is 2.11. The van der Waals surface area contributed by atoms with Gasteiger partial charge in [-0.15, -0.1) is 0 Å². The number of ether oxygens (including phenoxy) is 1. The number of urea groups is 1. The molecule has 0 aliphatic carbocycles. The van der Waals surface area contributed by atoms with Crippen LogP contribution >= 0.6 is 23.5 Å². The summed E-state index contributed by atoms with van der Waals surface area (Å²) in [5.74, 6) is 0.722. The average molecular weight is 321 g/mol. The predicted octanol–water partition coefficient (Wildman–Crippen LogP) is 4.43. The van der Waals surface area contributed by atoms with Crippen LogP contribution < -0.4 is 13.9 Å². The van der Waals surface area contributed by atoms with Crippen molar-refractivity contribution in [2.45, 2.75) is 4.90 Å². The summed E-state index contributed by atoms with van der Waals surface area (Å²) in [5, 5.41) is 0.545. The number of methoxy groups -OCH3 is 1. The van der Waals surface area contributed by atoms with Crippen LogP contribution in [0.2, 0.25) is 5.02 Å². The first kappa shape index (κ1) is 14.1. The van der Waals surface area contributed by atoms with Crippen LogP contribution in [-0.4, -0.2) is 20.2 Å². The lowest BCUT2D eigenvalue weighted by Crippen LogP contribution is -2.40. The van der Waals surface area contributed by atoms with Gasteiger partial charge in [-0.2, -0.15) is 0 Å². The molecule has 21 heavy (non-hydrogen) atoms. The minimum absolute atomic E-state index is 0.145. The fourth-order valence-corrected chi connectivity index (χ4v) is 3.45. The first-order chi connectivity index (χ1) is 10.1. The topological polar surface area (TPSA) is 32.8 Å². The molecule has 4 nitrogen and oxygen atoms in total. The van der Waals surface area contributed by atoms with Crippen molar-refractivity contribution in [2.24, 2.45) is 0 Å². The van der Waals surface area contributed by atoms with Crippen LogP contribution in [0.3, 0.4) is 0 Å². The molecule has 0 fully saturated rings. The first-order valence-corrected chi connectivity index (χ1v) is 7.45. The van der Waals surface area contributed by atoms with E-state index in [4.69, 9.17) is 16.3 Å². The molecule has 0 radical (unpaired) electrons. The highest BCUT2D eigenvalue weighted by atomic mass is 35.5. The molecule has 0 atom stereocenters. The highest BCUT2D eigenvalue weighted by Gasteiger charge is 2.31. The molecule has 3 rings (SSSR count). The van der Waals surface area contributed by atoms with Crippen molar-refractivity contribution in [2.75, 3.05) is 23.4 Å². The number of carbonyl (C=O) groups is 1. The van der Waals surface area contributed by atoms with Crippen molar-refractivity contribution in [3.8, 4) is 5.75 Å². The highest BCUT2D eigenvalue weighted by molar-refractivity contribution is 8.01. The fraction of sp³-hybridized carbons (Fsp3) is 0.133. The zero-order valence-corrected chi connectivity index (χ0v) is 13.1. The summed E-state index contributed by atoms with van der Waals surface area (Å²) >= 11 is 7.56. The summed E-state index contributed by atoms with van der Waals surface area (Å²) in [6.07, 6.45) is 0. The highest BCUT2D eigenvalue weighted by Crippen LogP contribution is 2.43. The third-order valence-corrected chi connectivity index (χ3v) is 4.65. The molecule has 0 unspecified atom stereocenters. The average Bonchev–Trinajstić information content (AvgIpc) is 2.51. The Morgan fingerprint density at radius 3 is 2.62 bits per heavy atom. The predicted molar refractivity (Wildman–Crippen MR) is 86.6 cm³/mol. The van der Waals surface area contributed by atoms with Crippen LogP contribution in [0, 0.1) is 0 Å². The van der Waals surface area contributed by atoms with Crippen LogP contribution in [-0.2, 0) is 0 Å². The number of halogens is 1. The second kappa shape index (κ2) is 5.50. The van der Waals surface area contributed by atoms with Crippen LogP contribution in [0.25, 0.3) is 0 Å². The first-order valence-electron chi connectivity index (χ1n) is 6.30. The monoisotopic (exact) mass is 320 g/mol. The number of fused-ring (bicyclic) bond motifs is 1. The minimum Gasteiger partial charge on any atom is -0.497 e. The SMILES string of the molecule is COc1ccc2c(c1)N(C)C(=O)N(c1ccccc1Cl)S2. The Morgan fingerprint density at radius 2 is 1.90 bits per heavy atom. The lowest BCUT2D eigenvalue weighted by Gasteiger charge is -2.34. The molecule has 1 aliphatic heterocycles. The number of rotatable bonds is 2. The minimum atomic E-state index is -0.145. The number of hydrogen-bond donors (Lipinski definition) is 0. The van der Waals surface area contributed by atoms with E-state index >= 15 is 0 Å². The van der Waals surface area contributed by atoms with Gasteiger partial charge in [0.1, 0.15) is 5.75 Å². The molecule has 108 valence electrons. The standard InChI is InChI=1S/C15H13ClN2O2S/c1-17-13-9-10(20-2)7-8-14(13)21-18(15(17)19)12-6-4-3-5-11(12)16/h3-9H,1-2H3. The van der Waals surface area contributed by atoms with Gasteiger partial charge in [0.05, 0.1) is 28.4 Å². The Kier molecular flexibility index (Phi) is 3.69. The Bertz CT molecular complexity index is 708. The van der Waals surface area contributed by atoms with E-state index in [2.05, 4.69) is 0 Å². The van der Waals surface area contributed by atoms with E-state index in [1.165, 1.54) is 11.9 Å². The van der Waals surface area contributed by atoms with Crippen LogP contribution in [0.15, 0.2) is 47.4 Å². The Balaban J connectivity index is 2.04. The van der Waals surface area contributed by atoms with Crippen LogP contribution in [0.5, 0.6) is 5.75 Å². The van der Waals surface area contributed by atoms with E-state index in [0.29, 0.717) is 10.7 Å². The number of benzene rings is 2. The number of anilines is 2. The number of carbonyl (C=O) groups excluding carboxylic acids is 1. The molecule has 2 aromatic rings. The Hall–Kier alpha value is -1.85. The zero-order valence-electron chi connectivity index (χ0n) is 11.5. The number of hydrogen-bond acceptors (Lipinski definition) is 3. The normalized spacial score (nSPS) is 14.1. The smallest absolute Gasteiger partial charge is 0.339 e. The zero-order chi connectivity index (χ0) is 15.0. The summed E-state index contributed by atoms with van der Waals surface area (Å²) in [6.45, 7) is 0. The molecule has 6 heteroatoms. The molecule has 0 spiro atoms. The van der Waals surface area contributed by atoms with E-state index in [0.717, 1.165) is 16.3 Å². The largest absolute Gasteiger partial charge is 0.497 e. The molecule has 0 aromatic heterocycles. The molecule has 0 bridgehead atoms. The lowest BCUT2D eigenvalue weighted by atomic mass is 10.2. The Morgan fingerprint density at radius 1 is 1.14 bits per heavy atom. The van der Waals surface area contributed by atoms with E-state index in [9.17, 15) is 4.79 Å². The summed E-state index contributed by atoms with van der Waals surface area (Å²) in [6, 6.07) is 12.8. The van der Waals surface area contributed by atoms with Crippen molar-refractivity contribution in [3.63, 3.8) is 0 Å². The quantitative estimate of drug-likeness (QED) is 0.767. The van der Waals surface area contributed by atoms with E-state index < -0.39 is 0 Å². The van der Waals surface area contributed by atoms with Crippen LogP contribution in [0.1, 0.15) is 0 Å². The van der Waals surface area contributed by atoms with Crippen molar-refractivity contribution < 1.29 is 9.53 Å². The summed E-state index contributed by atoms with van der Waals surface area (Å²) in [7, 11) is 3.35. The van der Waals surface area contributed by atoms with E-state index in [1.807, 2.05) is 36.4 Å². The van der Waals surface area contributed by atoms with Gasteiger partial charge in [0.25, 0.3) is 0 Å². The maximum Gasteiger partial charge on any atom is 0.339 e. The van der Waals surface area contributed by atoms with Gasteiger partial charge in [-0.1, -0.05) is 23.7 Å². The van der Waals surface area contributed by atoms with Crippen molar-refractivity contribution in [3.05, 3.63) is 47.5 Å². The van der Waals surface area contributed by atoms with Gasteiger partial charge in [0.15, 0.2) is 0 Å². The molecule has 1 aliphatic rings. The maximum absolute atomic E-state index is 12.6. The molecule has 2 amide bonds. The van der Waals surface area contributed by atoms with E-state index in [-0.39, 0.29) is 6.03 Å². The summed E-state index contributed by atoms with van der Waals surface area (Å²) in [5.41, 5.74) is 1.51. The number of amides is 2. The van der Waals surface area contributed by atoms with Crippen molar-refractivity contribution >= 4 is 41.0 Å². The van der Waals surface area contributed by atoms with Gasteiger partial charge in [0.2, 0.25) is 0 Å². The molecule has 0 saturated heterocycles. The molecular weight excluding hydrogens is 308 g/mol. The molecular formula is C15H13ClN2O2S. The lowest BCUT2D eigenvalue weighted by molar-refractivity contribution is 0.255. The van der Waals surface area contributed by atoms with Crippen molar-refractivity contribution in [1.82, 2.24) is 0 Å². The maximum atomic E-state index is 12.6. The van der Waals surface area contributed by atoms with Gasteiger partial charge in [-0.05, 0) is 36.2 Å². The molecule has 1 heterocycles. The number of nitrogens with zero attached hydrogens (tertiary/aromatic N) is 2. The third kappa shape index (κ3) is 2.43. The summed E-state index contributed by atoms with van der Waals surface area (Å²) in [4.78, 5) is 15.1. The second-order valence-electron chi connectivity index (χ2n) is 4.51. The van der Waals surface area contributed by atoms with Crippen molar-refractivity contribution in [1.29, 1.82) is 0 Å². The summed E-state index contributed by atoms with van der Waals surface area (Å²) < 4.78 is 6.81. The van der Waals surface area contributed by atoms with Gasteiger partial charge >= 0.3 is 6.03 Å². The van der Waals surface area contributed by atoms with Gasteiger partial charge in [0, 0.05) is 13.1 Å². The van der Waals surface area contributed by atoms with Gasteiger partial charge in [-0.25, -0.2) is 9.10 Å². The van der Waals surface area contributed by atoms with Gasteiger partial charge in [-0.3, -0.25) is 4.90 Å². The second-order valence-corrected chi connectivity index (χ2v) is 5.91.